The van der Waals surface area contributed by atoms with Gasteiger partial charge in [0.15, 0.2) is 11.5 Å². The first-order valence-corrected chi connectivity index (χ1v) is 6.50. The minimum absolute atomic E-state index is 0.00303. The van der Waals surface area contributed by atoms with Crippen LogP contribution in [0.4, 0.5) is 0 Å². The zero-order valence-electron chi connectivity index (χ0n) is 11.4. The van der Waals surface area contributed by atoms with Crippen molar-refractivity contribution in [1.29, 1.82) is 0 Å². The van der Waals surface area contributed by atoms with Gasteiger partial charge in [0.2, 0.25) is 0 Å². The highest BCUT2D eigenvalue weighted by Crippen LogP contribution is 2.36. The van der Waals surface area contributed by atoms with E-state index in [4.69, 9.17) is 25.1 Å². The lowest BCUT2D eigenvalue weighted by Crippen LogP contribution is -2.39. The molecule has 0 aromatic heterocycles. The first-order chi connectivity index (χ1) is 9.61. The molecule has 110 valence electrons. The Morgan fingerprint density at radius 2 is 2.30 bits per heavy atom. The van der Waals surface area contributed by atoms with E-state index in [0.717, 1.165) is 5.56 Å². The lowest BCUT2D eigenvalue weighted by atomic mass is 10.0. The minimum Gasteiger partial charge on any atom is -0.493 e. The summed E-state index contributed by atoms with van der Waals surface area (Å²) in [6, 6.07) is 5.04. The summed E-state index contributed by atoms with van der Waals surface area (Å²) in [5.74, 6) is 0.319. The molecule has 1 heterocycles. The first-order valence-electron chi connectivity index (χ1n) is 6.50. The summed E-state index contributed by atoms with van der Waals surface area (Å²) in [6.45, 7) is 1.09. The van der Waals surface area contributed by atoms with Crippen molar-refractivity contribution in [1.82, 2.24) is 0 Å². The summed E-state index contributed by atoms with van der Waals surface area (Å²) in [7, 11) is 1.56. The average molecular weight is 281 g/mol. The molecular formula is C14H19NO5. The van der Waals surface area contributed by atoms with Gasteiger partial charge in [0, 0.05) is 18.0 Å². The highest BCUT2D eigenvalue weighted by atomic mass is 16.6. The number of para-hydroxylation sites is 1. The van der Waals surface area contributed by atoms with Gasteiger partial charge in [-0.25, -0.2) is 0 Å². The number of carbonyl (C=O) groups is 1. The number of ether oxygens (including phenoxy) is 3. The van der Waals surface area contributed by atoms with E-state index < -0.39 is 12.0 Å². The molecule has 0 bridgehead atoms. The van der Waals surface area contributed by atoms with Crippen molar-refractivity contribution in [2.24, 2.45) is 5.73 Å². The van der Waals surface area contributed by atoms with Crippen LogP contribution in [0.15, 0.2) is 18.2 Å². The second-order valence-electron chi connectivity index (χ2n) is 4.69. The maximum atomic E-state index is 10.6. The maximum absolute atomic E-state index is 10.6. The Morgan fingerprint density at radius 1 is 1.55 bits per heavy atom. The van der Waals surface area contributed by atoms with Crippen LogP contribution < -0.4 is 15.2 Å². The molecule has 0 aliphatic carbocycles. The number of carboxylic acid groups (broad SMARTS) is 1. The fraction of sp³-hybridized carbons (Fsp3) is 0.500. The Labute approximate surface area is 117 Å². The Morgan fingerprint density at radius 3 is 2.85 bits per heavy atom. The third-order valence-corrected chi connectivity index (χ3v) is 3.19. The molecule has 0 amide bonds. The summed E-state index contributed by atoms with van der Waals surface area (Å²) < 4.78 is 16.2. The molecule has 1 unspecified atom stereocenters. The van der Waals surface area contributed by atoms with Gasteiger partial charge >= 0.3 is 5.97 Å². The van der Waals surface area contributed by atoms with Gasteiger partial charge in [0.05, 0.1) is 20.3 Å². The second-order valence-corrected chi connectivity index (χ2v) is 4.69. The number of nitrogens with two attached hydrogens (primary N) is 1. The van der Waals surface area contributed by atoms with Crippen molar-refractivity contribution in [2.45, 2.75) is 25.0 Å². The lowest BCUT2D eigenvalue weighted by molar-refractivity contribution is -0.137. The molecule has 0 spiro atoms. The number of benzene rings is 1. The molecule has 1 aromatic rings. The van der Waals surface area contributed by atoms with E-state index in [1.807, 2.05) is 12.1 Å². The molecule has 1 fully saturated rings. The largest absolute Gasteiger partial charge is 0.493 e. The number of carboxylic acids is 1. The fourth-order valence-electron chi connectivity index (χ4n) is 1.99. The molecule has 1 atom stereocenters. The highest BCUT2D eigenvalue weighted by Gasteiger charge is 2.25. The summed E-state index contributed by atoms with van der Waals surface area (Å²) >= 11 is 0. The third-order valence-electron chi connectivity index (χ3n) is 3.19. The zero-order valence-corrected chi connectivity index (χ0v) is 11.4. The SMILES string of the molecule is COc1cccc(C(N)CCC(=O)O)c1OC1COC1. The van der Waals surface area contributed by atoms with E-state index in [-0.39, 0.29) is 12.5 Å². The predicted octanol–water partition coefficient (Wildman–Crippen LogP) is 1.34. The van der Waals surface area contributed by atoms with Crippen LogP contribution in [-0.4, -0.2) is 37.5 Å². The molecule has 6 heteroatoms. The van der Waals surface area contributed by atoms with Crippen LogP contribution in [0.3, 0.4) is 0 Å². The van der Waals surface area contributed by atoms with Crippen LogP contribution in [-0.2, 0) is 9.53 Å². The quantitative estimate of drug-likeness (QED) is 0.783. The van der Waals surface area contributed by atoms with Crippen LogP contribution in [0.1, 0.15) is 24.4 Å². The van der Waals surface area contributed by atoms with Gasteiger partial charge in [0.1, 0.15) is 6.10 Å². The molecule has 20 heavy (non-hydrogen) atoms. The van der Waals surface area contributed by atoms with Crippen molar-refractivity contribution in [3.8, 4) is 11.5 Å². The standard InChI is InChI=1S/C14H19NO5/c1-18-12-4-2-3-10(11(15)5-6-13(16)17)14(12)20-9-7-19-8-9/h2-4,9,11H,5-8,15H2,1H3,(H,16,17). The van der Waals surface area contributed by atoms with Gasteiger partial charge in [-0.15, -0.1) is 0 Å². The smallest absolute Gasteiger partial charge is 0.303 e. The van der Waals surface area contributed by atoms with E-state index >= 15 is 0 Å². The van der Waals surface area contributed by atoms with Crippen LogP contribution in [0.25, 0.3) is 0 Å². The maximum Gasteiger partial charge on any atom is 0.303 e. The minimum atomic E-state index is -0.863. The molecule has 6 nitrogen and oxygen atoms in total. The van der Waals surface area contributed by atoms with Crippen LogP contribution >= 0.6 is 0 Å². The monoisotopic (exact) mass is 281 g/mol. The van der Waals surface area contributed by atoms with Gasteiger partial charge in [-0.3, -0.25) is 4.79 Å². The second kappa shape index (κ2) is 6.58. The van der Waals surface area contributed by atoms with Gasteiger partial charge in [0.25, 0.3) is 0 Å². The molecule has 1 aliphatic rings. The van der Waals surface area contributed by atoms with Gasteiger partial charge in [-0.1, -0.05) is 12.1 Å². The topological polar surface area (TPSA) is 91.0 Å². The van der Waals surface area contributed by atoms with Gasteiger partial charge in [-0.05, 0) is 12.5 Å². The van der Waals surface area contributed by atoms with Gasteiger partial charge in [-0.2, -0.15) is 0 Å². The summed E-state index contributed by atoms with van der Waals surface area (Å²) in [6.07, 6.45) is 0.362. The highest BCUT2D eigenvalue weighted by molar-refractivity contribution is 5.66. The zero-order chi connectivity index (χ0) is 14.5. The fourth-order valence-corrected chi connectivity index (χ4v) is 1.99. The Bertz CT molecular complexity index is 473. The van der Waals surface area contributed by atoms with Crippen LogP contribution in [0, 0.1) is 0 Å². The Kier molecular flexibility index (Phi) is 4.81. The lowest BCUT2D eigenvalue weighted by Gasteiger charge is -2.29. The number of methoxy groups -OCH3 is 1. The number of hydrogen-bond acceptors (Lipinski definition) is 5. The van der Waals surface area contributed by atoms with Crippen LogP contribution in [0.5, 0.6) is 11.5 Å². The molecule has 0 saturated carbocycles. The summed E-state index contributed by atoms with van der Waals surface area (Å²) in [5, 5.41) is 8.74. The number of hydrogen-bond donors (Lipinski definition) is 2. The van der Waals surface area contributed by atoms with Crippen molar-refractivity contribution in [2.75, 3.05) is 20.3 Å². The molecule has 2 rings (SSSR count). The van der Waals surface area contributed by atoms with E-state index in [1.54, 1.807) is 13.2 Å². The van der Waals surface area contributed by atoms with Crippen molar-refractivity contribution < 1.29 is 24.1 Å². The van der Waals surface area contributed by atoms with Crippen molar-refractivity contribution in [3.05, 3.63) is 23.8 Å². The van der Waals surface area contributed by atoms with E-state index in [9.17, 15) is 4.79 Å². The van der Waals surface area contributed by atoms with E-state index in [2.05, 4.69) is 0 Å². The Hall–Kier alpha value is -1.79. The van der Waals surface area contributed by atoms with E-state index in [1.165, 1.54) is 0 Å². The van der Waals surface area contributed by atoms with Gasteiger partial charge < -0.3 is 25.1 Å². The van der Waals surface area contributed by atoms with Crippen molar-refractivity contribution in [3.63, 3.8) is 0 Å². The molecule has 0 radical (unpaired) electrons. The molecule has 1 aliphatic heterocycles. The third kappa shape index (κ3) is 3.40. The summed E-state index contributed by atoms with van der Waals surface area (Å²) in [5.41, 5.74) is 6.83. The van der Waals surface area contributed by atoms with Crippen LogP contribution in [0.2, 0.25) is 0 Å². The number of aliphatic carboxylic acids is 1. The normalized spacial score (nSPS) is 16.3. The van der Waals surface area contributed by atoms with E-state index in [0.29, 0.717) is 31.1 Å². The molecular weight excluding hydrogens is 262 g/mol. The molecule has 3 N–H and O–H groups in total. The Balaban J connectivity index is 2.18. The molecule has 1 saturated heterocycles. The van der Waals surface area contributed by atoms with Crippen molar-refractivity contribution >= 4 is 5.97 Å². The average Bonchev–Trinajstić information content (AvgIpc) is 2.39. The predicted molar refractivity (Wildman–Crippen MR) is 72.0 cm³/mol. The number of rotatable bonds is 7. The molecule has 1 aromatic carbocycles. The summed E-state index contributed by atoms with van der Waals surface area (Å²) in [4.78, 5) is 10.6. The first kappa shape index (κ1) is 14.6.